The number of carbonyl (C=O) groups is 3. The Bertz CT molecular complexity index is 1250. The molecule has 0 radical (unpaired) electrons. The molecule has 5 fully saturated rings. The number of carboxylic acids is 1. The van der Waals surface area contributed by atoms with Gasteiger partial charge in [-0.05, 0) is 142 Å². The first-order valence-corrected chi connectivity index (χ1v) is 19.6. The van der Waals surface area contributed by atoms with Crippen LogP contribution in [0.2, 0.25) is 0 Å². The van der Waals surface area contributed by atoms with E-state index in [1.807, 2.05) is 0 Å². The van der Waals surface area contributed by atoms with Crippen LogP contribution in [0.25, 0.3) is 0 Å². The van der Waals surface area contributed by atoms with E-state index in [1.54, 1.807) is 0 Å². The number of carbonyl (C=O) groups excluding carboxylic acids is 2. The van der Waals surface area contributed by atoms with Crippen molar-refractivity contribution in [1.82, 2.24) is 10.6 Å². The molecule has 4 N–H and O–H groups in total. The summed E-state index contributed by atoms with van der Waals surface area (Å²) in [7, 11) is 0. The molecule has 0 aromatic rings. The van der Waals surface area contributed by atoms with Crippen LogP contribution in [-0.2, 0) is 14.4 Å². The van der Waals surface area contributed by atoms with Crippen molar-refractivity contribution in [2.45, 2.75) is 163 Å². The molecular weight excluding hydrogens is 600 g/mol. The molecule has 11 atom stereocenters. The predicted octanol–water partition coefficient (Wildman–Crippen LogP) is 8.05. The molecule has 0 heterocycles. The lowest BCUT2D eigenvalue weighted by Gasteiger charge is -2.72. The van der Waals surface area contributed by atoms with Crippen LogP contribution in [0.4, 0.5) is 0 Å². The maximum absolute atomic E-state index is 14.3. The largest absolute Gasteiger partial charge is 0.480 e. The van der Waals surface area contributed by atoms with Gasteiger partial charge in [0.1, 0.15) is 6.04 Å². The molecule has 0 unspecified atom stereocenters. The first-order valence-electron chi connectivity index (χ1n) is 19.6. The van der Waals surface area contributed by atoms with Crippen LogP contribution in [-0.4, -0.2) is 46.7 Å². The lowest BCUT2D eigenvalue weighted by molar-refractivity contribution is -0.246. The van der Waals surface area contributed by atoms with Crippen molar-refractivity contribution >= 4 is 17.8 Å². The van der Waals surface area contributed by atoms with Gasteiger partial charge in [-0.2, -0.15) is 0 Å². The molecular formula is C41H68N2O5. The topological polar surface area (TPSA) is 116 Å². The number of aliphatic hydroxyl groups is 1. The molecule has 5 aliphatic rings. The number of aliphatic carboxylic acids is 1. The summed E-state index contributed by atoms with van der Waals surface area (Å²) in [5.74, 6) is 1.57. The number of rotatable bonds is 12. The number of nitrogens with one attached hydrogen (secondary N) is 2. The van der Waals surface area contributed by atoms with Crippen molar-refractivity contribution in [3.63, 3.8) is 0 Å². The van der Waals surface area contributed by atoms with Gasteiger partial charge in [0.25, 0.3) is 0 Å². The fourth-order valence-corrected chi connectivity index (χ4v) is 13.2. The summed E-state index contributed by atoms with van der Waals surface area (Å²) in [5.41, 5.74) is 1.61. The van der Waals surface area contributed by atoms with Gasteiger partial charge in [0.2, 0.25) is 11.8 Å². The molecule has 7 nitrogen and oxygen atoms in total. The molecule has 5 rings (SSSR count). The average molecular weight is 669 g/mol. The third kappa shape index (κ3) is 6.08. The summed E-state index contributed by atoms with van der Waals surface area (Å²) in [6, 6.07) is -0.856. The Morgan fingerprint density at radius 3 is 2.19 bits per heavy atom. The summed E-state index contributed by atoms with van der Waals surface area (Å²) in [6.45, 7) is 21.4. The van der Waals surface area contributed by atoms with Gasteiger partial charge in [0.15, 0.2) is 0 Å². The number of aliphatic hydroxyl groups excluding tert-OH is 1. The summed E-state index contributed by atoms with van der Waals surface area (Å²) in [5, 5.41) is 26.0. The van der Waals surface area contributed by atoms with Crippen molar-refractivity contribution in [2.75, 3.05) is 6.54 Å². The zero-order valence-electron chi connectivity index (χ0n) is 31.4. The lowest BCUT2D eigenvalue weighted by atomic mass is 9.32. The third-order valence-electron chi connectivity index (χ3n) is 16.1. The summed E-state index contributed by atoms with van der Waals surface area (Å²) in [6.07, 6.45) is 15.9. The second kappa shape index (κ2) is 13.7. The normalized spacial score (nSPS) is 41.9. The Morgan fingerprint density at radius 1 is 0.812 bits per heavy atom. The Hall–Kier alpha value is -1.89. The molecule has 0 aliphatic heterocycles. The maximum Gasteiger partial charge on any atom is 0.325 e. The summed E-state index contributed by atoms with van der Waals surface area (Å²) < 4.78 is 0. The third-order valence-corrected chi connectivity index (χ3v) is 16.1. The minimum atomic E-state index is -1.02. The monoisotopic (exact) mass is 669 g/mol. The minimum absolute atomic E-state index is 0.0406. The van der Waals surface area contributed by atoms with Gasteiger partial charge in [0.05, 0.1) is 11.5 Å². The highest BCUT2D eigenvalue weighted by Gasteiger charge is 2.71. The molecule has 5 saturated carbocycles. The van der Waals surface area contributed by atoms with Crippen molar-refractivity contribution < 1.29 is 24.6 Å². The van der Waals surface area contributed by atoms with Crippen molar-refractivity contribution in [1.29, 1.82) is 0 Å². The Labute approximate surface area is 291 Å². The zero-order valence-corrected chi connectivity index (χ0v) is 31.4. The Balaban J connectivity index is 1.22. The number of amides is 2. The second-order valence-electron chi connectivity index (χ2n) is 18.6. The molecule has 2 amide bonds. The average Bonchev–Trinajstić information content (AvgIpc) is 3.42. The van der Waals surface area contributed by atoms with Crippen LogP contribution in [0.5, 0.6) is 0 Å². The van der Waals surface area contributed by atoms with E-state index >= 15 is 0 Å². The number of fused-ring (bicyclic) bond motifs is 7. The first-order chi connectivity index (χ1) is 22.5. The van der Waals surface area contributed by atoms with Crippen LogP contribution >= 0.6 is 0 Å². The number of hydrogen-bond acceptors (Lipinski definition) is 4. The van der Waals surface area contributed by atoms with E-state index in [4.69, 9.17) is 5.11 Å². The van der Waals surface area contributed by atoms with E-state index in [9.17, 15) is 19.5 Å². The van der Waals surface area contributed by atoms with Crippen LogP contribution in [0.15, 0.2) is 12.2 Å². The van der Waals surface area contributed by atoms with E-state index in [-0.39, 0.29) is 45.0 Å². The molecule has 0 saturated heterocycles. The quantitative estimate of drug-likeness (QED) is 0.124. The summed E-state index contributed by atoms with van der Waals surface area (Å²) >= 11 is 0. The van der Waals surface area contributed by atoms with E-state index in [0.717, 1.165) is 70.6 Å². The number of unbranched alkanes of at least 4 members (excludes halogenated alkanes) is 4. The molecule has 0 aromatic heterocycles. The van der Waals surface area contributed by atoms with Crippen molar-refractivity contribution in [3.8, 4) is 0 Å². The number of allylic oxidation sites excluding steroid dienone is 1. The molecule has 0 aromatic carbocycles. The molecule has 0 bridgehead atoms. The fraction of sp³-hybridized carbons (Fsp3) is 0.878. The van der Waals surface area contributed by atoms with E-state index < -0.39 is 12.0 Å². The highest BCUT2D eigenvalue weighted by Crippen LogP contribution is 2.77. The van der Waals surface area contributed by atoms with Gasteiger partial charge in [0, 0.05) is 13.0 Å². The highest BCUT2D eigenvalue weighted by molar-refractivity contribution is 5.84. The van der Waals surface area contributed by atoms with Crippen LogP contribution in [0.3, 0.4) is 0 Å². The Morgan fingerprint density at radius 2 is 1.50 bits per heavy atom. The van der Waals surface area contributed by atoms with Gasteiger partial charge >= 0.3 is 5.97 Å². The van der Waals surface area contributed by atoms with Crippen LogP contribution < -0.4 is 10.6 Å². The van der Waals surface area contributed by atoms with Gasteiger partial charge in [-0.1, -0.05) is 66.0 Å². The molecule has 272 valence electrons. The van der Waals surface area contributed by atoms with E-state index in [1.165, 1.54) is 38.2 Å². The van der Waals surface area contributed by atoms with Gasteiger partial charge in [-0.25, -0.2) is 0 Å². The van der Waals surface area contributed by atoms with Gasteiger partial charge in [-0.3, -0.25) is 14.4 Å². The summed E-state index contributed by atoms with van der Waals surface area (Å²) in [4.78, 5) is 37.2. The van der Waals surface area contributed by atoms with Crippen molar-refractivity contribution in [2.24, 2.45) is 56.7 Å². The highest BCUT2D eigenvalue weighted by atomic mass is 16.4. The van der Waals surface area contributed by atoms with E-state index in [2.05, 4.69) is 58.8 Å². The number of carboxylic acid groups (broad SMARTS) is 1. The van der Waals surface area contributed by atoms with E-state index in [0.29, 0.717) is 42.6 Å². The van der Waals surface area contributed by atoms with Gasteiger partial charge in [-0.15, -0.1) is 0 Å². The molecule has 5 aliphatic carbocycles. The first kappa shape index (κ1) is 37.4. The molecule has 0 spiro atoms. The second-order valence-corrected chi connectivity index (χ2v) is 18.6. The van der Waals surface area contributed by atoms with Gasteiger partial charge < -0.3 is 20.8 Å². The number of hydrogen-bond donors (Lipinski definition) is 4. The Kier molecular flexibility index (Phi) is 10.6. The van der Waals surface area contributed by atoms with Crippen LogP contribution in [0, 0.1) is 56.7 Å². The standard InChI is InChI=1S/C41H68N2O5/c1-26(2)28-17-22-41(36(48)42-25-13-11-9-10-12-14-33(45)43-27(3)35(46)47)24-23-39(7)29(34(28)41)15-16-31-38(6)20-19-32(44)37(4,5)30(38)18-21-40(31,39)8/h27-32,34,44H,1,9-25H2,2-8H3,(H,42,48)(H,43,45)(H,46,47)/t27-,28-,29+,30-,31+,32-,34+,38-,39+,40+,41-/m0/s1. The SMILES string of the molecule is C=C(C)[C@@H]1CC[C@]2(C(=O)NCCCCCCCC(=O)N[C@@H](C)C(=O)O)CC[C@]3(C)[C@H](CC[C@@H]4[C@@]5(C)CC[C@H](O)C(C)(C)[C@@H]5CC[C@]43C)[C@@H]12. The van der Waals surface area contributed by atoms with Crippen LogP contribution in [0.1, 0.15) is 151 Å². The molecule has 7 heteroatoms. The predicted molar refractivity (Wildman–Crippen MR) is 191 cm³/mol. The maximum atomic E-state index is 14.3. The lowest BCUT2D eigenvalue weighted by Crippen LogP contribution is -2.67. The molecule has 48 heavy (non-hydrogen) atoms. The zero-order chi connectivity index (χ0) is 35.3. The minimum Gasteiger partial charge on any atom is -0.480 e. The fourth-order valence-electron chi connectivity index (χ4n) is 13.2. The smallest absolute Gasteiger partial charge is 0.325 e. The van der Waals surface area contributed by atoms with Crippen molar-refractivity contribution in [3.05, 3.63) is 12.2 Å².